The Morgan fingerprint density at radius 1 is 1.31 bits per heavy atom. The topological polar surface area (TPSA) is 48.1 Å². The first-order chi connectivity index (χ1) is 7.75. The summed E-state index contributed by atoms with van der Waals surface area (Å²) in [7, 11) is 0. The van der Waals surface area contributed by atoms with Crippen LogP contribution in [0.25, 0.3) is 0 Å². The van der Waals surface area contributed by atoms with Crippen LogP contribution in [0.1, 0.15) is 50.6 Å². The Morgan fingerprint density at radius 3 is 2.62 bits per heavy atom. The molecular weight excluding hydrogens is 200 g/mol. The van der Waals surface area contributed by atoms with Crippen LogP contribution in [0.15, 0.2) is 18.3 Å². The molecule has 3 heteroatoms. The van der Waals surface area contributed by atoms with E-state index in [1.165, 1.54) is 19.3 Å². The molecule has 1 aliphatic rings. The maximum atomic E-state index is 5.84. The van der Waals surface area contributed by atoms with Crippen LogP contribution in [0.4, 0.5) is 0 Å². The lowest BCUT2D eigenvalue weighted by Gasteiger charge is -2.22. The SMILES string of the molecule is CC(N)c1ccc(OC2CCCCC2)nc1. The number of hydrogen-bond acceptors (Lipinski definition) is 3. The average Bonchev–Trinajstić information content (AvgIpc) is 2.31. The predicted molar refractivity (Wildman–Crippen MR) is 64.3 cm³/mol. The van der Waals surface area contributed by atoms with Crippen molar-refractivity contribution in [2.75, 3.05) is 0 Å². The largest absolute Gasteiger partial charge is 0.474 e. The van der Waals surface area contributed by atoms with E-state index in [1.807, 2.05) is 25.3 Å². The highest BCUT2D eigenvalue weighted by Crippen LogP contribution is 2.22. The molecule has 1 fully saturated rings. The van der Waals surface area contributed by atoms with E-state index in [1.54, 1.807) is 0 Å². The van der Waals surface area contributed by atoms with E-state index in [2.05, 4.69) is 4.98 Å². The van der Waals surface area contributed by atoms with Gasteiger partial charge in [0.25, 0.3) is 0 Å². The van der Waals surface area contributed by atoms with Gasteiger partial charge in [-0.25, -0.2) is 4.98 Å². The maximum absolute atomic E-state index is 5.84. The summed E-state index contributed by atoms with van der Waals surface area (Å²) in [5.74, 6) is 0.733. The second-order valence-corrected chi connectivity index (χ2v) is 4.60. The highest BCUT2D eigenvalue weighted by Gasteiger charge is 2.15. The lowest BCUT2D eigenvalue weighted by Crippen LogP contribution is -2.20. The van der Waals surface area contributed by atoms with E-state index in [0.717, 1.165) is 24.3 Å². The third-order valence-corrected chi connectivity index (χ3v) is 3.12. The summed E-state index contributed by atoms with van der Waals surface area (Å²) in [5.41, 5.74) is 6.82. The smallest absolute Gasteiger partial charge is 0.213 e. The van der Waals surface area contributed by atoms with Crippen LogP contribution in [-0.4, -0.2) is 11.1 Å². The fraction of sp³-hybridized carbons (Fsp3) is 0.615. The van der Waals surface area contributed by atoms with Gasteiger partial charge in [0.1, 0.15) is 6.10 Å². The number of rotatable bonds is 3. The molecule has 0 aliphatic heterocycles. The molecule has 1 atom stereocenters. The molecule has 1 unspecified atom stereocenters. The second kappa shape index (κ2) is 5.30. The van der Waals surface area contributed by atoms with Gasteiger partial charge in [-0.2, -0.15) is 0 Å². The van der Waals surface area contributed by atoms with Crippen LogP contribution in [0.5, 0.6) is 5.88 Å². The van der Waals surface area contributed by atoms with Gasteiger partial charge < -0.3 is 10.5 Å². The van der Waals surface area contributed by atoms with Crippen LogP contribution < -0.4 is 10.5 Å². The number of pyridine rings is 1. The zero-order valence-corrected chi connectivity index (χ0v) is 9.86. The molecule has 1 heterocycles. The van der Waals surface area contributed by atoms with Gasteiger partial charge in [0.05, 0.1) is 0 Å². The Hall–Kier alpha value is -1.09. The van der Waals surface area contributed by atoms with Crippen molar-refractivity contribution in [2.45, 2.75) is 51.2 Å². The minimum atomic E-state index is 0.0382. The molecule has 0 aromatic carbocycles. The molecular formula is C13H20N2O. The summed E-state index contributed by atoms with van der Waals surface area (Å²) in [6, 6.07) is 3.96. The summed E-state index contributed by atoms with van der Waals surface area (Å²) in [5, 5.41) is 0. The predicted octanol–water partition coefficient (Wildman–Crippen LogP) is 2.81. The van der Waals surface area contributed by atoms with Gasteiger partial charge in [0, 0.05) is 18.3 Å². The van der Waals surface area contributed by atoms with Crippen LogP contribution in [0, 0.1) is 0 Å². The molecule has 1 aromatic rings. The van der Waals surface area contributed by atoms with E-state index < -0.39 is 0 Å². The Kier molecular flexibility index (Phi) is 3.78. The highest BCUT2D eigenvalue weighted by molar-refractivity contribution is 5.20. The molecule has 0 saturated heterocycles. The maximum Gasteiger partial charge on any atom is 0.213 e. The fourth-order valence-electron chi connectivity index (χ4n) is 2.08. The summed E-state index contributed by atoms with van der Waals surface area (Å²) in [6.07, 6.45) is 8.40. The van der Waals surface area contributed by atoms with Crippen molar-refractivity contribution < 1.29 is 4.74 Å². The van der Waals surface area contributed by atoms with Gasteiger partial charge >= 0.3 is 0 Å². The summed E-state index contributed by atoms with van der Waals surface area (Å²) < 4.78 is 5.84. The van der Waals surface area contributed by atoms with Crippen molar-refractivity contribution >= 4 is 0 Å². The summed E-state index contributed by atoms with van der Waals surface area (Å²) >= 11 is 0. The molecule has 1 aromatic heterocycles. The van der Waals surface area contributed by atoms with E-state index in [4.69, 9.17) is 10.5 Å². The minimum Gasteiger partial charge on any atom is -0.474 e. The fourth-order valence-corrected chi connectivity index (χ4v) is 2.08. The third-order valence-electron chi connectivity index (χ3n) is 3.12. The summed E-state index contributed by atoms with van der Waals surface area (Å²) in [6.45, 7) is 1.96. The highest BCUT2D eigenvalue weighted by atomic mass is 16.5. The third kappa shape index (κ3) is 2.95. The first kappa shape index (κ1) is 11.4. The Labute approximate surface area is 97.0 Å². The van der Waals surface area contributed by atoms with Crippen LogP contribution in [0.3, 0.4) is 0 Å². The zero-order valence-electron chi connectivity index (χ0n) is 9.86. The molecule has 1 aliphatic carbocycles. The van der Waals surface area contributed by atoms with E-state index in [-0.39, 0.29) is 6.04 Å². The van der Waals surface area contributed by atoms with Gasteiger partial charge in [-0.1, -0.05) is 12.5 Å². The molecule has 0 amide bonds. The molecule has 0 bridgehead atoms. The molecule has 1 saturated carbocycles. The van der Waals surface area contributed by atoms with E-state index >= 15 is 0 Å². The number of nitrogens with zero attached hydrogens (tertiary/aromatic N) is 1. The zero-order chi connectivity index (χ0) is 11.4. The van der Waals surface area contributed by atoms with E-state index in [9.17, 15) is 0 Å². The van der Waals surface area contributed by atoms with Crippen molar-refractivity contribution in [2.24, 2.45) is 5.73 Å². The van der Waals surface area contributed by atoms with Crippen molar-refractivity contribution in [1.82, 2.24) is 4.98 Å². The molecule has 88 valence electrons. The lowest BCUT2D eigenvalue weighted by molar-refractivity contribution is 0.148. The number of ether oxygens (including phenoxy) is 1. The number of hydrogen-bond donors (Lipinski definition) is 1. The molecule has 16 heavy (non-hydrogen) atoms. The monoisotopic (exact) mass is 220 g/mol. The quantitative estimate of drug-likeness (QED) is 0.852. The Bertz CT molecular complexity index is 315. The van der Waals surface area contributed by atoms with Crippen molar-refractivity contribution in [3.05, 3.63) is 23.9 Å². The van der Waals surface area contributed by atoms with Gasteiger partial charge in [-0.3, -0.25) is 0 Å². The molecule has 0 radical (unpaired) electrons. The first-order valence-corrected chi connectivity index (χ1v) is 6.14. The molecule has 2 rings (SSSR count). The first-order valence-electron chi connectivity index (χ1n) is 6.14. The average molecular weight is 220 g/mol. The Morgan fingerprint density at radius 2 is 2.06 bits per heavy atom. The van der Waals surface area contributed by atoms with Gasteiger partial charge in [-0.15, -0.1) is 0 Å². The van der Waals surface area contributed by atoms with Crippen LogP contribution in [-0.2, 0) is 0 Å². The van der Waals surface area contributed by atoms with Crippen molar-refractivity contribution in [3.63, 3.8) is 0 Å². The minimum absolute atomic E-state index is 0.0382. The standard InChI is InChI=1S/C13H20N2O/c1-10(14)11-7-8-13(15-9-11)16-12-5-3-2-4-6-12/h7-10,12H,2-6,14H2,1H3. The van der Waals surface area contributed by atoms with Gasteiger partial charge in [-0.05, 0) is 38.2 Å². The molecule has 3 nitrogen and oxygen atoms in total. The normalized spacial score (nSPS) is 19.4. The van der Waals surface area contributed by atoms with Crippen LogP contribution >= 0.6 is 0 Å². The van der Waals surface area contributed by atoms with Gasteiger partial charge in [0.2, 0.25) is 5.88 Å². The van der Waals surface area contributed by atoms with Crippen molar-refractivity contribution in [1.29, 1.82) is 0 Å². The Balaban J connectivity index is 1.93. The second-order valence-electron chi connectivity index (χ2n) is 4.60. The molecule has 2 N–H and O–H groups in total. The van der Waals surface area contributed by atoms with Crippen LogP contribution in [0.2, 0.25) is 0 Å². The number of aromatic nitrogens is 1. The van der Waals surface area contributed by atoms with E-state index in [0.29, 0.717) is 6.10 Å². The number of nitrogens with two attached hydrogens (primary N) is 1. The summed E-state index contributed by atoms with van der Waals surface area (Å²) in [4.78, 5) is 4.29. The van der Waals surface area contributed by atoms with Crippen molar-refractivity contribution in [3.8, 4) is 5.88 Å². The van der Waals surface area contributed by atoms with Gasteiger partial charge in [0.15, 0.2) is 0 Å². The molecule has 0 spiro atoms. The lowest BCUT2D eigenvalue weighted by atomic mass is 9.98.